The first-order valence-electron chi connectivity index (χ1n) is 4.87. The normalized spacial score (nSPS) is 11.9. The number of ether oxygens (including phenoxy) is 1. The third-order valence-corrected chi connectivity index (χ3v) is 4.98. The number of thiophene rings is 1. The lowest BCUT2D eigenvalue weighted by Gasteiger charge is -2.03. The van der Waals surface area contributed by atoms with Crippen LogP contribution in [-0.2, 0) is 21.3 Å². The van der Waals surface area contributed by atoms with E-state index in [0.29, 0.717) is 30.3 Å². The van der Waals surface area contributed by atoms with E-state index in [0.717, 1.165) is 4.88 Å². The molecule has 1 heterocycles. The van der Waals surface area contributed by atoms with Gasteiger partial charge < -0.3 is 10.5 Å². The molecule has 0 fully saturated rings. The minimum Gasteiger partial charge on any atom is -0.385 e. The maximum atomic E-state index is 11.7. The van der Waals surface area contributed by atoms with Gasteiger partial charge in [0.1, 0.15) is 4.21 Å². The Bertz CT molecular complexity index is 414. The fraction of sp³-hybridized carbons (Fsp3) is 0.556. The lowest BCUT2D eigenvalue weighted by atomic mass is 10.5. The third kappa shape index (κ3) is 3.84. The molecule has 5 nitrogen and oxygen atoms in total. The first kappa shape index (κ1) is 13.6. The van der Waals surface area contributed by atoms with Crippen LogP contribution in [0.2, 0.25) is 0 Å². The van der Waals surface area contributed by atoms with Crippen LogP contribution in [0.5, 0.6) is 0 Å². The minimum atomic E-state index is -3.37. The van der Waals surface area contributed by atoms with E-state index < -0.39 is 10.0 Å². The molecule has 0 aliphatic carbocycles. The van der Waals surface area contributed by atoms with Crippen molar-refractivity contribution in [3.8, 4) is 0 Å². The van der Waals surface area contributed by atoms with Gasteiger partial charge in [-0.3, -0.25) is 0 Å². The number of sulfonamides is 1. The molecule has 0 bridgehead atoms. The van der Waals surface area contributed by atoms with Crippen LogP contribution in [0.15, 0.2) is 16.3 Å². The lowest BCUT2D eigenvalue weighted by Crippen LogP contribution is -2.24. The summed E-state index contributed by atoms with van der Waals surface area (Å²) in [5.41, 5.74) is 5.42. The maximum Gasteiger partial charge on any atom is 0.250 e. The summed E-state index contributed by atoms with van der Waals surface area (Å²) in [7, 11) is -1.79. The smallest absolute Gasteiger partial charge is 0.250 e. The summed E-state index contributed by atoms with van der Waals surface area (Å²) in [5, 5.41) is 0. The van der Waals surface area contributed by atoms with Gasteiger partial charge in [-0.05, 0) is 18.6 Å². The molecule has 3 N–H and O–H groups in total. The van der Waals surface area contributed by atoms with E-state index in [2.05, 4.69) is 4.72 Å². The zero-order valence-corrected chi connectivity index (χ0v) is 10.7. The Morgan fingerprint density at radius 2 is 2.25 bits per heavy atom. The van der Waals surface area contributed by atoms with Crippen molar-refractivity contribution in [1.82, 2.24) is 4.72 Å². The summed E-state index contributed by atoms with van der Waals surface area (Å²) in [6, 6.07) is 3.31. The number of nitrogens with two attached hydrogens (primary N) is 1. The summed E-state index contributed by atoms with van der Waals surface area (Å²) in [6.07, 6.45) is 0.658. The Hall–Kier alpha value is -0.470. The average molecular weight is 264 g/mol. The molecule has 0 spiro atoms. The number of methoxy groups -OCH3 is 1. The predicted molar refractivity (Wildman–Crippen MR) is 63.9 cm³/mol. The standard InChI is InChI=1S/C9H16N2O3S2/c1-14-6-2-5-11-16(12,13)9-4-3-8(7-10)15-9/h3-4,11H,2,5-7,10H2,1H3. The van der Waals surface area contributed by atoms with Gasteiger partial charge in [0.15, 0.2) is 0 Å². The van der Waals surface area contributed by atoms with Crippen LogP contribution in [0.3, 0.4) is 0 Å². The van der Waals surface area contributed by atoms with Gasteiger partial charge in [-0.2, -0.15) is 0 Å². The van der Waals surface area contributed by atoms with Crippen molar-refractivity contribution in [1.29, 1.82) is 0 Å². The maximum absolute atomic E-state index is 11.7. The molecule has 0 amide bonds. The third-order valence-electron chi connectivity index (χ3n) is 1.92. The molecule has 0 radical (unpaired) electrons. The molecule has 0 atom stereocenters. The average Bonchev–Trinajstić information content (AvgIpc) is 2.73. The van der Waals surface area contributed by atoms with E-state index in [1.807, 2.05) is 0 Å². The summed E-state index contributed by atoms with van der Waals surface area (Å²) in [5.74, 6) is 0. The first-order chi connectivity index (χ1) is 7.60. The van der Waals surface area contributed by atoms with Gasteiger partial charge in [0.05, 0.1) is 0 Å². The highest BCUT2D eigenvalue weighted by Gasteiger charge is 2.15. The van der Waals surface area contributed by atoms with Crippen molar-refractivity contribution >= 4 is 21.4 Å². The van der Waals surface area contributed by atoms with E-state index in [-0.39, 0.29) is 0 Å². The van der Waals surface area contributed by atoms with Gasteiger partial charge in [0, 0.05) is 31.7 Å². The SMILES string of the molecule is COCCCNS(=O)(=O)c1ccc(CN)s1. The fourth-order valence-corrected chi connectivity index (χ4v) is 3.46. The highest BCUT2D eigenvalue weighted by Crippen LogP contribution is 2.20. The fourth-order valence-electron chi connectivity index (χ4n) is 1.11. The number of nitrogens with one attached hydrogen (secondary N) is 1. The van der Waals surface area contributed by atoms with Crippen molar-refractivity contribution < 1.29 is 13.2 Å². The van der Waals surface area contributed by atoms with Crippen LogP contribution in [0.1, 0.15) is 11.3 Å². The van der Waals surface area contributed by atoms with Gasteiger partial charge in [-0.1, -0.05) is 0 Å². The summed E-state index contributed by atoms with van der Waals surface area (Å²) < 4.78 is 31.1. The van der Waals surface area contributed by atoms with Crippen LogP contribution in [0.4, 0.5) is 0 Å². The largest absolute Gasteiger partial charge is 0.385 e. The van der Waals surface area contributed by atoms with Gasteiger partial charge in [-0.15, -0.1) is 11.3 Å². The van der Waals surface area contributed by atoms with Crippen molar-refractivity contribution in [2.24, 2.45) is 5.73 Å². The monoisotopic (exact) mass is 264 g/mol. The lowest BCUT2D eigenvalue weighted by molar-refractivity contribution is 0.196. The highest BCUT2D eigenvalue weighted by molar-refractivity contribution is 7.91. The second-order valence-electron chi connectivity index (χ2n) is 3.17. The molecule has 16 heavy (non-hydrogen) atoms. The second kappa shape index (κ2) is 6.31. The number of rotatable bonds is 7. The van der Waals surface area contributed by atoms with E-state index in [4.69, 9.17) is 10.5 Å². The molecule has 1 aromatic rings. The molecule has 0 saturated heterocycles. The van der Waals surface area contributed by atoms with Gasteiger partial charge in [0.25, 0.3) is 0 Å². The molecular weight excluding hydrogens is 248 g/mol. The quantitative estimate of drug-likeness (QED) is 0.704. The zero-order chi connectivity index (χ0) is 12.0. The van der Waals surface area contributed by atoms with Crippen LogP contribution in [0.25, 0.3) is 0 Å². The van der Waals surface area contributed by atoms with E-state index >= 15 is 0 Å². The second-order valence-corrected chi connectivity index (χ2v) is 6.33. The van der Waals surface area contributed by atoms with Crippen LogP contribution in [0, 0.1) is 0 Å². The van der Waals surface area contributed by atoms with Crippen molar-refractivity contribution in [3.63, 3.8) is 0 Å². The Balaban J connectivity index is 2.56. The molecule has 7 heteroatoms. The topological polar surface area (TPSA) is 81.4 Å². The molecule has 1 rings (SSSR count). The van der Waals surface area contributed by atoms with E-state index in [1.54, 1.807) is 19.2 Å². The zero-order valence-electron chi connectivity index (χ0n) is 9.10. The molecule has 0 saturated carbocycles. The molecule has 0 aliphatic heterocycles. The van der Waals surface area contributed by atoms with E-state index in [9.17, 15) is 8.42 Å². The Morgan fingerprint density at radius 3 is 2.81 bits per heavy atom. The Morgan fingerprint density at radius 1 is 1.50 bits per heavy atom. The Labute approximate surface area is 99.7 Å². The Kier molecular flexibility index (Phi) is 5.36. The van der Waals surface area contributed by atoms with Crippen molar-refractivity contribution in [2.75, 3.05) is 20.3 Å². The van der Waals surface area contributed by atoms with Crippen LogP contribution < -0.4 is 10.5 Å². The van der Waals surface area contributed by atoms with Crippen molar-refractivity contribution in [2.45, 2.75) is 17.2 Å². The van der Waals surface area contributed by atoms with Gasteiger partial charge in [-0.25, -0.2) is 13.1 Å². The molecule has 92 valence electrons. The van der Waals surface area contributed by atoms with Gasteiger partial charge >= 0.3 is 0 Å². The first-order valence-corrected chi connectivity index (χ1v) is 7.17. The van der Waals surface area contributed by atoms with Crippen LogP contribution >= 0.6 is 11.3 Å². The van der Waals surface area contributed by atoms with Crippen molar-refractivity contribution in [3.05, 3.63) is 17.0 Å². The predicted octanol–water partition coefficient (Wildman–Crippen LogP) is 0.522. The van der Waals surface area contributed by atoms with Crippen LogP contribution in [-0.4, -0.2) is 28.7 Å². The molecule has 0 aromatic carbocycles. The molecular formula is C9H16N2O3S2. The summed E-state index contributed by atoms with van der Waals surface area (Å²) in [6.45, 7) is 1.29. The summed E-state index contributed by atoms with van der Waals surface area (Å²) in [4.78, 5) is 0.859. The molecule has 0 aliphatic rings. The highest BCUT2D eigenvalue weighted by atomic mass is 32.2. The molecule has 0 unspecified atom stereocenters. The minimum absolute atomic E-state index is 0.311. The molecule has 1 aromatic heterocycles. The summed E-state index contributed by atoms with van der Waals surface area (Å²) >= 11 is 1.20. The number of hydrogen-bond donors (Lipinski definition) is 2. The van der Waals surface area contributed by atoms with Gasteiger partial charge in [0.2, 0.25) is 10.0 Å². The van der Waals surface area contributed by atoms with E-state index in [1.165, 1.54) is 11.3 Å². The number of hydrogen-bond acceptors (Lipinski definition) is 5.